The van der Waals surface area contributed by atoms with Crippen molar-refractivity contribution in [1.29, 1.82) is 0 Å². The molecule has 0 saturated heterocycles. The maximum Gasteiger partial charge on any atom is 0.220 e. The second kappa shape index (κ2) is 5.76. The van der Waals surface area contributed by atoms with Crippen LogP contribution in [0.2, 0.25) is 0 Å². The number of benzene rings is 1. The fourth-order valence-electron chi connectivity index (χ4n) is 1.73. The maximum atomic E-state index is 11.5. The van der Waals surface area contributed by atoms with Gasteiger partial charge in [-0.3, -0.25) is 4.79 Å². The standard InChI is InChI=1S/C14H21NO3/c1-6-13(16)15-14(2,3)10-7-8-11(17-4)12(9-10)18-5/h7-9H,6H2,1-5H3,(H,15,16). The first-order valence-corrected chi connectivity index (χ1v) is 5.98. The van der Waals surface area contributed by atoms with Gasteiger partial charge in [0.25, 0.3) is 0 Å². The Hall–Kier alpha value is -1.71. The molecule has 1 rings (SSSR count). The van der Waals surface area contributed by atoms with Gasteiger partial charge in [0.2, 0.25) is 5.91 Å². The molecule has 0 atom stereocenters. The van der Waals surface area contributed by atoms with Gasteiger partial charge in [-0.2, -0.15) is 0 Å². The Morgan fingerprint density at radius 2 is 1.83 bits per heavy atom. The summed E-state index contributed by atoms with van der Waals surface area (Å²) in [7, 11) is 3.20. The molecule has 0 bridgehead atoms. The summed E-state index contributed by atoms with van der Waals surface area (Å²) >= 11 is 0. The van der Waals surface area contributed by atoms with E-state index in [0.29, 0.717) is 17.9 Å². The fraction of sp³-hybridized carbons (Fsp3) is 0.500. The highest BCUT2D eigenvalue weighted by atomic mass is 16.5. The summed E-state index contributed by atoms with van der Waals surface area (Å²) < 4.78 is 10.5. The molecule has 0 saturated carbocycles. The predicted octanol–water partition coefficient (Wildman–Crippen LogP) is 2.47. The summed E-state index contributed by atoms with van der Waals surface area (Å²) in [4.78, 5) is 11.5. The van der Waals surface area contributed by atoms with Crippen molar-refractivity contribution in [2.75, 3.05) is 14.2 Å². The molecule has 0 fully saturated rings. The molecule has 1 aromatic rings. The van der Waals surface area contributed by atoms with Gasteiger partial charge in [-0.1, -0.05) is 13.0 Å². The number of carbonyl (C=O) groups is 1. The molecule has 0 aromatic heterocycles. The monoisotopic (exact) mass is 251 g/mol. The van der Waals surface area contributed by atoms with Crippen LogP contribution in [0.3, 0.4) is 0 Å². The topological polar surface area (TPSA) is 47.6 Å². The zero-order valence-corrected chi connectivity index (χ0v) is 11.7. The van der Waals surface area contributed by atoms with Crippen LogP contribution < -0.4 is 14.8 Å². The smallest absolute Gasteiger partial charge is 0.220 e. The lowest BCUT2D eigenvalue weighted by Crippen LogP contribution is -2.40. The van der Waals surface area contributed by atoms with Crippen LogP contribution in [0.25, 0.3) is 0 Å². The highest BCUT2D eigenvalue weighted by Crippen LogP contribution is 2.32. The third kappa shape index (κ3) is 3.15. The van der Waals surface area contributed by atoms with Crippen molar-refractivity contribution in [3.63, 3.8) is 0 Å². The maximum absolute atomic E-state index is 11.5. The Labute approximate surface area is 108 Å². The van der Waals surface area contributed by atoms with Gasteiger partial charge in [-0.05, 0) is 31.5 Å². The Kier molecular flexibility index (Phi) is 4.59. The Morgan fingerprint density at radius 1 is 1.22 bits per heavy atom. The van der Waals surface area contributed by atoms with E-state index >= 15 is 0 Å². The first-order chi connectivity index (χ1) is 8.44. The number of hydrogen-bond acceptors (Lipinski definition) is 3. The molecule has 0 aliphatic carbocycles. The molecule has 0 spiro atoms. The second-order valence-electron chi connectivity index (χ2n) is 4.60. The molecule has 4 nitrogen and oxygen atoms in total. The van der Waals surface area contributed by atoms with E-state index in [0.717, 1.165) is 5.56 Å². The van der Waals surface area contributed by atoms with Crippen LogP contribution in [-0.4, -0.2) is 20.1 Å². The summed E-state index contributed by atoms with van der Waals surface area (Å²) in [5.74, 6) is 1.36. The Morgan fingerprint density at radius 3 is 2.33 bits per heavy atom. The molecule has 0 radical (unpaired) electrons. The Bertz CT molecular complexity index is 427. The number of amides is 1. The first kappa shape index (κ1) is 14.4. The highest BCUT2D eigenvalue weighted by Gasteiger charge is 2.23. The van der Waals surface area contributed by atoms with Crippen molar-refractivity contribution in [2.45, 2.75) is 32.7 Å². The van der Waals surface area contributed by atoms with Crippen molar-refractivity contribution in [3.8, 4) is 11.5 Å². The molecular formula is C14H21NO3. The van der Waals surface area contributed by atoms with Crippen LogP contribution >= 0.6 is 0 Å². The van der Waals surface area contributed by atoms with Gasteiger partial charge in [-0.15, -0.1) is 0 Å². The number of methoxy groups -OCH3 is 2. The fourth-order valence-corrected chi connectivity index (χ4v) is 1.73. The first-order valence-electron chi connectivity index (χ1n) is 5.98. The minimum absolute atomic E-state index is 0.0229. The summed E-state index contributed by atoms with van der Waals surface area (Å²) in [6.07, 6.45) is 0.469. The van der Waals surface area contributed by atoms with E-state index in [9.17, 15) is 4.79 Å². The third-order valence-electron chi connectivity index (χ3n) is 2.88. The van der Waals surface area contributed by atoms with Gasteiger partial charge in [0.05, 0.1) is 19.8 Å². The molecule has 1 aromatic carbocycles. The van der Waals surface area contributed by atoms with E-state index in [2.05, 4.69) is 5.32 Å². The molecule has 0 unspecified atom stereocenters. The average Bonchev–Trinajstić information content (AvgIpc) is 2.37. The Balaban J connectivity index is 3.05. The van der Waals surface area contributed by atoms with Crippen LogP contribution in [0.5, 0.6) is 11.5 Å². The third-order valence-corrected chi connectivity index (χ3v) is 2.88. The lowest BCUT2D eigenvalue weighted by atomic mass is 9.93. The molecule has 1 N–H and O–H groups in total. The average molecular weight is 251 g/mol. The normalized spacial score (nSPS) is 10.9. The van der Waals surface area contributed by atoms with E-state index in [1.807, 2.05) is 39.0 Å². The van der Waals surface area contributed by atoms with E-state index in [4.69, 9.17) is 9.47 Å². The molecule has 100 valence electrons. The molecule has 0 aliphatic heterocycles. The SMILES string of the molecule is CCC(=O)NC(C)(C)c1ccc(OC)c(OC)c1. The van der Waals surface area contributed by atoms with Gasteiger partial charge in [-0.25, -0.2) is 0 Å². The lowest BCUT2D eigenvalue weighted by Gasteiger charge is -2.27. The van der Waals surface area contributed by atoms with Gasteiger partial charge >= 0.3 is 0 Å². The zero-order valence-electron chi connectivity index (χ0n) is 11.7. The predicted molar refractivity (Wildman–Crippen MR) is 71.0 cm³/mol. The van der Waals surface area contributed by atoms with E-state index in [1.54, 1.807) is 14.2 Å². The highest BCUT2D eigenvalue weighted by molar-refractivity contribution is 5.76. The minimum atomic E-state index is -0.438. The number of hydrogen-bond donors (Lipinski definition) is 1. The summed E-state index contributed by atoms with van der Waals surface area (Å²) in [6.45, 7) is 5.75. The van der Waals surface area contributed by atoms with Gasteiger partial charge in [0.15, 0.2) is 11.5 Å². The largest absolute Gasteiger partial charge is 0.493 e. The van der Waals surface area contributed by atoms with Crippen LogP contribution in [0.15, 0.2) is 18.2 Å². The number of nitrogens with one attached hydrogen (secondary N) is 1. The molecule has 4 heteroatoms. The summed E-state index contributed by atoms with van der Waals surface area (Å²) in [5, 5.41) is 2.98. The number of carbonyl (C=O) groups excluding carboxylic acids is 1. The quantitative estimate of drug-likeness (QED) is 0.874. The van der Waals surface area contributed by atoms with Crippen LogP contribution in [0.4, 0.5) is 0 Å². The molecule has 1 amide bonds. The number of rotatable bonds is 5. The molecule has 18 heavy (non-hydrogen) atoms. The van der Waals surface area contributed by atoms with E-state index in [-0.39, 0.29) is 5.91 Å². The van der Waals surface area contributed by atoms with Gasteiger partial charge < -0.3 is 14.8 Å². The summed E-state index contributed by atoms with van der Waals surface area (Å²) in [6, 6.07) is 5.65. The van der Waals surface area contributed by atoms with Crippen LogP contribution in [0, 0.1) is 0 Å². The molecular weight excluding hydrogens is 230 g/mol. The molecule has 0 heterocycles. The second-order valence-corrected chi connectivity index (χ2v) is 4.60. The van der Waals surface area contributed by atoms with E-state index in [1.165, 1.54) is 0 Å². The van der Waals surface area contributed by atoms with Crippen molar-refractivity contribution in [3.05, 3.63) is 23.8 Å². The zero-order chi connectivity index (χ0) is 13.8. The lowest BCUT2D eigenvalue weighted by molar-refractivity contribution is -0.122. The van der Waals surface area contributed by atoms with Crippen molar-refractivity contribution in [2.24, 2.45) is 0 Å². The van der Waals surface area contributed by atoms with Gasteiger partial charge in [0.1, 0.15) is 0 Å². The van der Waals surface area contributed by atoms with Crippen molar-refractivity contribution in [1.82, 2.24) is 5.32 Å². The molecule has 0 aliphatic rings. The van der Waals surface area contributed by atoms with Gasteiger partial charge in [0, 0.05) is 6.42 Å². The van der Waals surface area contributed by atoms with Crippen molar-refractivity contribution >= 4 is 5.91 Å². The van der Waals surface area contributed by atoms with Crippen molar-refractivity contribution < 1.29 is 14.3 Å². The summed E-state index contributed by atoms with van der Waals surface area (Å²) in [5.41, 5.74) is 0.536. The van der Waals surface area contributed by atoms with Crippen LogP contribution in [0.1, 0.15) is 32.8 Å². The van der Waals surface area contributed by atoms with E-state index < -0.39 is 5.54 Å². The van der Waals surface area contributed by atoms with Crippen LogP contribution in [-0.2, 0) is 10.3 Å². The number of ether oxygens (including phenoxy) is 2. The minimum Gasteiger partial charge on any atom is -0.493 e.